The molecule has 0 unspecified atom stereocenters. The molecule has 3 N–H and O–H groups in total. The minimum absolute atomic E-state index is 0.718. The Hall–Kier alpha value is -1.27. The predicted molar refractivity (Wildman–Crippen MR) is 31.9 cm³/mol. The highest BCUT2D eigenvalue weighted by Crippen LogP contribution is 2.15. The number of hydrogen-bond acceptors (Lipinski definition) is 2. The van der Waals surface area contributed by atoms with Crippen LogP contribution in [0.2, 0.25) is 0 Å². The van der Waals surface area contributed by atoms with E-state index in [0.717, 1.165) is 6.92 Å². The molecule has 0 heterocycles. The number of rotatable bonds is 1. The number of carbonyl (C=O) groups excluding carboxylic acids is 1. The molecule has 0 aromatic rings. The van der Waals surface area contributed by atoms with Crippen molar-refractivity contribution in [3.8, 4) is 0 Å². The SMILES string of the molecule is C/C(=N\NC(N)=O)C(F)(F)F. The summed E-state index contributed by atoms with van der Waals surface area (Å²) in [6, 6.07) is -1.13. The van der Waals surface area contributed by atoms with Crippen LogP contribution in [0.5, 0.6) is 0 Å². The predicted octanol–water partition coefficient (Wildman–Crippen LogP) is 0.593. The number of halogens is 3. The highest BCUT2D eigenvalue weighted by Gasteiger charge is 2.32. The van der Waals surface area contributed by atoms with Gasteiger partial charge in [0.25, 0.3) is 0 Å². The van der Waals surface area contributed by atoms with Crippen molar-refractivity contribution in [2.75, 3.05) is 0 Å². The highest BCUT2D eigenvalue weighted by molar-refractivity contribution is 5.88. The van der Waals surface area contributed by atoms with Crippen LogP contribution in [0.15, 0.2) is 5.10 Å². The van der Waals surface area contributed by atoms with E-state index >= 15 is 0 Å². The van der Waals surface area contributed by atoms with Gasteiger partial charge in [0.05, 0.1) is 0 Å². The van der Waals surface area contributed by atoms with Gasteiger partial charge in [-0.2, -0.15) is 18.3 Å². The Morgan fingerprint density at radius 3 is 2.27 bits per heavy atom. The topological polar surface area (TPSA) is 67.5 Å². The number of hydrazone groups is 1. The van der Waals surface area contributed by atoms with E-state index in [1.54, 1.807) is 0 Å². The van der Waals surface area contributed by atoms with E-state index in [-0.39, 0.29) is 0 Å². The lowest BCUT2D eigenvalue weighted by atomic mass is 10.4. The maximum atomic E-state index is 11.6. The second-order valence-electron chi connectivity index (χ2n) is 1.67. The molecule has 0 saturated carbocycles. The fraction of sp³-hybridized carbons (Fsp3) is 0.500. The number of hydrogen-bond donors (Lipinski definition) is 2. The third-order valence-electron chi connectivity index (χ3n) is 0.744. The van der Waals surface area contributed by atoms with Crippen LogP contribution in [0.1, 0.15) is 6.92 Å². The molecule has 0 aromatic carbocycles. The van der Waals surface area contributed by atoms with Gasteiger partial charge in [0.1, 0.15) is 5.71 Å². The smallest absolute Gasteiger partial charge is 0.350 e. The first kappa shape index (κ1) is 9.73. The monoisotopic (exact) mass is 169 g/mol. The van der Waals surface area contributed by atoms with Crippen LogP contribution in [0.4, 0.5) is 18.0 Å². The largest absolute Gasteiger partial charge is 0.430 e. The zero-order chi connectivity index (χ0) is 9.07. The summed E-state index contributed by atoms with van der Waals surface area (Å²) in [5.74, 6) is 0. The molecule has 64 valence electrons. The lowest BCUT2D eigenvalue weighted by molar-refractivity contribution is -0.0595. The van der Waals surface area contributed by atoms with Crippen LogP contribution in [0, 0.1) is 0 Å². The van der Waals surface area contributed by atoms with E-state index in [1.165, 1.54) is 5.43 Å². The average molecular weight is 169 g/mol. The molecule has 0 aliphatic carbocycles. The van der Waals surface area contributed by atoms with E-state index < -0.39 is 17.9 Å². The normalized spacial score (nSPS) is 12.9. The molecule has 0 saturated heterocycles. The fourth-order valence-electron chi connectivity index (χ4n) is 0.202. The molecular formula is C4H6F3N3O. The fourth-order valence-corrected chi connectivity index (χ4v) is 0.202. The summed E-state index contributed by atoms with van der Waals surface area (Å²) in [4.78, 5) is 9.87. The molecule has 0 fully saturated rings. The van der Waals surface area contributed by atoms with Crippen LogP contribution in [0.25, 0.3) is 0 Å². The maximum absolute atomic E-state index is 11.6. The summed E-state index contributed by atoms with van der Waals surface area (Å²) in [6.07, 6.45) is -4.53. The van der Waals surface area contributed by atoms with Gasteiger partial charge >= 0.3 is 12.2 Å². The summed E-state index contributed by atoms with van der Waals surface area (Å²) in [5, 5.41) is 2.66. The Morgan fingerprint density at radius 2 is 2.00 bits per heavy atom. The third kappa shape index (κ3) is 4.18. The number of amides is 2. The quantitative estimate of drug-likeness (QED) is 0.437. The Kier molecular flexibility index (Phi) is 2.85. The summed E-state index contributed by atoms with van der Waals surface area (Å²) >= 11 is 0. The van der Waals surface area contributed by atoms with E-state index in [2.05, 4.69) is 10.8 Å². The molecule has 4 nitrogen and oxygen atoms in total. The maximum Gasteiger partial charge on any atom is 0.430 e. The lowest BCUT2D eigenvalue weighted by Gasteiger charge is -2.03. The number of carbonyl (C=O) groups is 1. The van der Waals surface area contributed by atoms with Crippen LogP contribution in [-0.4, -0.2) is 17.9 Å². The van der Waals surface area contributed by atoms with Crippen molar-refractivity contribution < 1.29 is 18.0 Å². The molecular weight excluding hydrogens is 163 g/mol. The van der Waals surface area contributed by atoms with Crippen molar-refractivity contribution in [2.24, 2.45) is 10.8 Å². The molecule has 0 aromatic heterocycles. The van der Waals surface area contributed by atoms with Gasteiger partial charge in [0.15, 0.2) is 0 Å². The third-order valence-corrected chi connectivity index (χ3v) is 0.744. The Morgan fingerprint density at radius 1 is 1.55 bits per heavy atom. The molecule has 0 rings (SSSR count). The van der Waals surface area contributed by atoms with Gasteiger partial charge in [-0.3, -0.25) is 0 Å². The van der Waals surface area contributed by atoms with Crippen molar-refractivity contribution >= 4 is 11.7 Å². The summed E-state index contributed by atoms with van der Waals surface area (Å²) in [7, 11) is 0. The van der Waals surface area contributed by atoms with Crippen molar-refractivity contribution in [2.45, 2.75) is 13.1 Å². The van der Waals surface area contributed by atoms with E-state index in [1.807, 2.05) is 0 Å². The zero-order valence-corrected chi connectivity index (χ0v) is 5.57. The molecule has 0 radical (unpaired) electrons. The standard InChI is InChI=1S/C4H6F3N3O/c1-2(4(5,6)7)9-10-3(8)11/h1H3,(H3,8,10,11)/b9-2+. The molecule has 11 heavy (non-hydrogen) atoms. The number of nitrogens with zero attached hydrogens (tertiary/aromatic N) is 1. The Bertz CT molecular complexity index is 186. The van der Waals surface area contributed by atoms with Gasteiger partial charge in [-0.15, -0.1) is 0 Å². The Labute approximate surface area is 60.2 Å². The number of nitrogens with one attached hydrogen (secondary N) is 1. The molecule has 2 amide bonds. The van der Waals surface area contributed by atoms with Crippen LogP contribution in [-0.2, 0) is 0 Å². The summed E-state index contributed by atoms with van der Waals surface area (Å²) in [6.45, 7) is 0.718. The molecule has 0 spiro atoms. The lowest BCUT2D eigenvalue weighted by Crippen LogP contribution is -2.29. The van der Waals surface area contributed by atoms with Gasteiger partial charge in [0.2, 0.25) is 0 Å². The summed E-state index contributed by atoms with van der Waals surface area (Å²) < 4.78 is 34.7. The van der Waals surface area contributed by atoms with Crippen molar-refractivity contribution in [3.05, 3.63) is 0 Å². The van der Waals surface area contributed by atoms with Crippen molar-refractivity contribution in [1.29, 1.82) is 0 Å². The number of urea groups is 1. The van der Waals surface area contributed by atoms with Crippen molar-refractivity contribution in [3.63, 3.8) is 0 Å². The average Bonchev–Trinajstić information content (AvgIpc) is 1.80. The number of alkyl halides is 3. The highest BCUT2D eigenvalue weighted by atomic mass is 19.4. The first-order valence-electron chi connectivity index (χ1n) is 2.51. The van der Waals surface area contributed by atoms with E-state index in [0.29, 0.717) is 0 Å². The van der Waals surface area contributed by atoms with Gasteiger partial charge in [0, 0.05) is 0 Å². The molecule has 7 heteroatoms. The number of primary amides is 1. The van der Waals surface area contributed by atoms with Crippen molar-refractivity contribution in [1.82, 2.24) is 5.43 Å². The minimum atomic E-state index is -4.53. The summed E-state index contributed by atoms with van der Waals surface area (Å²) in [5.41, 5.74) is 4.76. The second kappa shape index (κ2) is 3.22. The second-order valence-corrected chi connectivity index (χ2v) is 1.67. The van der Waals surface area contributed by atoms with Gasteiger partial charge in [-0.1, -0.05) is 0 Å². The van der Waals surface area contributed by atoms with Crippen LogP contribution >= 0.6 is 0 Å². The van der Waals surface area contributed by atoms with Gasteiger partial charge < -0.3 is 5.73 Å². The van der Waals surface area contributed by atoms with Crippen LogP contribution in [0.3, 0.4) is 0 Å². The van der Waals surface area contributed by atoms with Gasteiger partial charge in [-0.25, -0.2) is 10.2 Å². The van der Waals surface area contributed by atoms with E-state index in [4.69, 9.17) is 0 Å². The van der Waals surface area contributed by atoms with E-state index in [9.17, 15) is 18.0 Å². The van der Waals surface area contributed by atoms with Crippen LogP contribution < -0.4 is 11.2 Å². The first-order valence-corrected chi connectivity index (χ1v) is 2.51. The molecule has 0 bridgehead atoms. The Balaban J connectivity index is 4.12. The number of nitrogens with two attached hydrogens (primary N) is 1. The van der Waals surface area contributed by atoms with Gasteiger partial charge in [-0.05, 0) is 6.92 Å². The first-order chi connectivity index (χ1) is 4.84. The molecule has 0 aliphatic rings. The molecule has 0 atom stereocenters. The minimum Gasteiger partial charge on any atom is -0.350 e. The zero-order valence-electron chi connectivity index (χ0n) is 5.57. The molecule has 0 aliphatic heterocycles.